The summed E-state index contributed by atoms with van der Waals surface area (Å²) >= 11 is 0. The van der Waals surface area contributed by atoms with Gasteiger partial charge in [-0.15, -0.1) is 0 Å². The molecular weight excluding hydrogens is 304 g/mol. The van der Waals surface area contributed by atoms with E-state index in [0.717, 1.165) is 37.6 Å². The summed E-state index contributed by atoms with van der Waals surface area (Å²) in [5.74, 6) is -0.842. The molecule has 0 saturated carbocycles. The molecule has 1 aliphatic heterocycles. The van der Waals surface area contributed by atoms with Gasteiger partial charge < -0.3 is 9.84 Å². The van der Waals surface area contributed by atoms with Crippen LogP contribution in [-0.4, -0.2) is 47.3 Å². The SMILES string of the molecule is C[C@H](c1ccc(-c2ccc(CC(=O)O)cn2)cc1)N1CCOCC1. The third-order valence-corrected chi connectivity index (χ3v) is 4.46. The molecule has 24 heavy (non-hydrogen) atoms. The number of hydrogen-bond donors (Lipinski definition) is 1. The predicted molar refractivity (Wildman–Crippen MR) is 91.8 cm³/mol. The number of carboxylic acids is 1. The molecule has 1 aliphatic rings. The van der Waals surface area contributed by atoms with Gasteiger partial charge in [0, 0.05) is 30.9 Å². The van der Waals surface area contributed by atoms with Crippen molar-refractivity contribution < 1.29 is 14.6 Å². The molecule has 0 unspecified atom stereocenters. The van der Waals surface area contributed by atoms with Crippen LogP contribution >= 0.6 is 0 Å². The van der Waals surface area contributed by atoms with Crippen molar-refractivity contribution in [1.29, 1.82) is 0 Å². The molecule has 1 aromatic carbocycles. The summed E-state index contributed by atoms with van der Waals surface area (Å²) in [4.78, 5) is 17.5. The van der Waals surface area contributed by atoms with Crippen molar-refractivity contribution in [2.75, 3.05) is 26.3 Å². The molecule has 2 heterocycles. The fourth-order valence-electron chi connectivity index (χ4n) is 2.98. The molecular formula is C19H22N2O3. The van der Waals surface area contributed by atoms with Crippen LogP contribution in [0.5, 0.6) is 0 Å². The molecule has 126 valence electrons. The van der Waals surface area contributed by atoms with E-state index in [9.17, 15) is 4.79 Å². The molecule has 1 saturated heterocycles. The Morgan fingerprint density at radius 2 is 1.92 bits per heavy atom. The lowest BCUT2D eigenvalue weighted by molar-refractivity contribution is -0.136. The number of rotatable bonds is 5. The lowest BCUT2D eigenvalue weighted by Gasteiger charge is -2.32. The average Bonchev–Trinajstić information content (AvgIpc) is 2.62. The first-order chi connectivity index (χ1) is 11.6. The number of nitrogens with zero attached hydrogens (tertiary/aromatic N) is 2. The Bertz CT molecular complexity index is 677. The smallest absolute Gasteiger partial charge is 0.307 e. The Hall–Kier alpha value is -2.24. The first-order valence-corrected chi connectivity index (χ1v) is 8.22. The number of carboxylic acid groups (broad SMARTS) is 1. The van der Waals surface area contributed by atoms with E-state index in [1.807, 2.05) is 12.1 Å². The number of ether oxygens (including phenoxy) is 1. The largest absolute Gasteiger partial charge is 0.481 e. The first-order valence-electron chi connectivity index (χ1n) is 8.22. The van der Waals surface area contributed by atoms with Gasteiger partial charge in [0.2, 0.25) is 0 Å². The molecule has 1 aromatic heterocycles. The van der Waals surface area contributed by atoms with Gasteiger partial charge in [0.1, 0.15) is 0 Å². The van der Waals surface area contributed by atoms with Crippen LogP contribution in [0, 0.1) is 0 Å². The van der Waals surface area contributed by atoms with Gasteiger partial charge in [0.05, 0.1) is 25.3 Å². The topological polar surface area (TPSA) is 62.7 Å². The lowest BCUT2D eigenvalue weighted by Crippen LogP contribution is -2.37. The maximum atomic E-state index is 10.7. The van der Waals surface area contributed by atoms with E-state index in [1.165, 1.54) is 5.56 Å². The van der Waals surface area contributed by atoms with E-state index in [4.69, 9.17) is 9.84 Å². The minimum absolute atomic E-state index is 0.00326. The zero-order valence-corrected chi connectivity index (χ0v) is 13.8. The molecule has 1 fully saturated rings. The van der Waals surface area contributed by atoms with Crippen LogP contribution in [0.25, 0.3) is 11.3 Å². The Morgan fingerprint density at radius 3 is 2.50 bits per heavy atom. The quantitative estimate of drug-likeness (QED) is 0.915. The van der Waals surface area contributed by atoms with E-state index in [1.54, 1.807) is 6.20 Å². The van der Waals surface area contributed by atoms with Crippen molar-refractivity contribution in [2.24, 2.45) is 0 Å². The maximum Gasteiger partial charge on any atom is 0.307 e. The molecule has 5 heteroatoms. The Balaban J connectivity index is 1.70. The fourth-order valence-corrected chi connectivity index (χ4v) is 2.98. The third-order valence-electron chi connectivity index (χ3n) is 4.46. The number of hydrogen-bond acceptors (Lipinski definition) is 4. The van der Waals surface area contributed by atoms with Crippen molar-refractivity contribution in [1.82, 2.24) is 9.88 Å². The molecule has 0 spiro atoms. The van der Waals surface area contributed by atoms with Gasteiger partial charge in [-0.2, -0.15) is 0 Å². The van der Waals surface area contributed by atoms with Gasteiger partial charge in [0.15, 0.2) is 0 Å². The summed E-state index contributed by atoms with van der Waals surface area (Å²) in [6, 6.07) is 12.5. The van der Waals surface area contributed by atoms with Crippen molar-refractivity contribution in [3.8, 4) is 11.3 Å². The molecule has 0 bridgehead atoms. The van der Waals surface area contributed by atoms with Crippen molar-refractivity contribution in [3.05, 3.63) is 53.7 Å². The second-order valence-electron chi connectivity index (χ2n) is 6.07. The lowest BCUT2D eigenvalue weighted by atomic mass is 10.0. The van der Waals surface area contributed by atoms with Gasteiger partial charge >= 0.3 is 5.97 Å². The number of aliphatic carboxylic acids is 1. The Kier molecular flexibility index (Phi) is 5.23. The van der Waals surface area contributed by atoms with Gasteiger partial charge in [-0.1, -0.05) is 30.3 Å². The summed E-state index contributed by atoms with van der Waals surface area (Å²) in [5.41, 5.74) is 3.89. The van der Waals surface area contributed by atoms with E-state index < -0.39 is 5.97 Å². The van der Waals surface area contributed by atoms with Crippen LogP contribution in [-0.2, 0) is 16.0 Å². The zero-order chi connectivity index (χ0) is 16.9. The van der Waals surface area contributed by atoms with Crippen molar-refractivity contribution in [3.63, 3.8) is 0 Å². The first kappa shape index (κ1) is 16.6. The normalized spacial score (nSPS) is 16.7. The molecule has 0 amide bonds. The van der Waals surface area contributed by atoms with E-state index in [2.05, 4.69) is 41.1 Å². The number of morpholine rings is 1. The standard InChI is InChI=1S/C19H22N2O3/c1-14(21-8-10-24-11-9-21)16-3-5-17(6-4-16)18-7-2-15(13-20-18)12-19(22)23/h2-7,13-14H,8-12H2,1H3,(H,22,23)/t14-/m1/s1. The number of pyridine rings is 1. The molecule has 5 nitrogen and oxygen atoms in total. The minimum atomic E-state index is -0.842. The molecule has 2 aromatic rings. The summed E-state index contributed by atoms with van der Waals surface area (Å²) in [6.07, 6.45) is 1.64. The van der Waals surface area contributed by atoms with Crippen LogP contribution in [0.1, 0.15) is 24.1 Å². The van der Waals surface area contributed by atoms with Crippen LogP contribution in [0.4, 0.5) is 0 Å². The summed E-state index contributed by atoms with van der Waals surface area (Å²) in [5, 5.41) is 8.80. The maximum absolute atomic E-state index is 10.7. The van der Waals surface area contributed by atoms with Crippen molar-refractivity contribution >= 4 is 5.97 Å². The van der Waals surface area contributed by atoms with E-state index in [0.29, 0.717) is 11.6 Å². The van der Waals surface area contributed by atoms with Gasteiger partial charge in [-0.3, -0.25) is 14.7 Å². The Morgan fingerprint density at radius 1 is 1.21 bits per heavy atom. The highest BCUT2D eigenvalue weighted by Crippen LogP contribution is 2.24. The van der Waals surface area contributed by atoms with Crippen LogP contribution < -0.4 is 0 Å². The molecule has 0 radical (unpaired) electrons. The van der Waals surface area contributed by atoms with E-state index in [-0.39, 0.29) is 6.42 Å². The number of carbonyl (C=O) groups is 1. The zero-order valence-electron chi connectivity index (χ0n) is 13.8. The Labute approximate surface area is 141 Å². The highest BCUT2D eigenvalue weighted by Gasteiger charge is 2.18. The second kappa shape index (κ2) is 7.55. The molecule has 1 N–H and O–H groups in total. The van der Waals surface area contributed by atoms with Gasteiger partial charge in [-0.05, 0) is 24.1 Å². The summed E-state index contributed by atoms with van der Waals surface area (Å²) in [7, 11) is 0. The highest BCUT2D eigenvalue weighted by molar-refractivity contribution is 5.70. The minimum Gasteiger partial charge on any atom is -0.481 e. The van der Waals surface area contributed by atoms with Gasteiger partial charge in [-0.25, -0.2) is 0 Å². The van der Waals surface area contributed by atoms with Crippen LogP contribution in [0.15, 0.2) is 42.6 Å². The summed E-state index contributed by atoms with van der Waals surface area (Å²) in [6.45, 7) is 5.76. The molecule has 3 rings (SSSR count). The summed E-state index contributed by atoms with van der Waals surface area (Å²) < 4.78 is 5.41. The highest BCUT2D eigenvalue weighted by atomic mass is 16.5. The second-order valence-corrected chi connectivity index (χ2v) is 6.07. The van der Waals surface area contributed by atoms with Gasteiger partial charge in [0.25, 0.3) is 0 Å². The van der Waals surface area contributed by atoms with Crippen LogP contribution in [0.2, 0.25) is 0 Å². The predicted octanol–water partition coefficient (Wildman–Crippen LogP) is 2.77. The molecule has 1 atom stereocenters. The monoisotopic (exact) mass is 326 g/mol. The van der Waals surface area contributed by atoms with Crippen molar-refractivity contribution in [2.45, 2.75) is 19.4 Å². The third kappa shape index (κ3) is 3.99. The van der Waals surface area contributed by atoms with E-state index >= 15 is 0 Å². The average molecular weight is 326 g/mol. The van der Waals surface area contributed by atoms with Crippen LogP contribution in [0.3, 0.4) is 0 Å². The number of aromatic nitrogens is 1. The fraction of sp³-hybridized carbons (Fsp3) is 0.368. The molecule has 0 aliphatic carbocycles. The number of benzene rings is 1.